The second-order valence-electron chi connectivity index (χ2n) is 6.61. The van der Waals surface area contributed by atoms with E-state index in [2.05, 4.69) is 20.8 Å². The molecule has 3 aromatic rings. The molecule has 1 aliphatic heterocycles. The molecular formula is C21H17ClN4O4S2. The molecule has 2 amide bonds. The molecule has 8 nitrogen and oxygen atoms in total. The standard InChI is InChI=1S/C21H17ClN4O4S2/c1-12-2-5-14(9-15(12)22)23-19(28)10-31-21-26-25-20(32-21)24-18(27)7-4-13-3-6-16-17(8-13)30-11-29-16/h2-9H,10-11H2,1H3,(H,23,28)(H,24,25,27)/b7-4+. The number of ether oxygens (including phenoxy) is 2. The van der Waals surface area contributed by atoms with Gasteiger partial charge in [-0.15, -0.1) is 10.2 Å². The van der Waals surface area contributed by atoms with Gasteiger partial charge >= 0.3 is 0 Å². The van der Waals surface area contributed by atoms with E-state index in [1.54, 1.807) is 30.3 Å². The van der Waals surface area contributed by atoms with Crippen molar-refractivity contribution in [3.63, 3.8) is 0 Å². The van der Waals surface area contributed by atoms with Gasteiger partial charge in [0.2, 0.25) is 23.7 Å². The topological polar surface area (TPSA) is 102 Å². The molecule has 0 aliphatic carbocycles. The van der Waals surface area contributed by atoms with E-state index in [1.807, 2.05) is 19.1 Å². The van der Waals surface area contributed by atoms with Crippen LogP contribution in [-0.4, -0.2) is 34.6 Å². The molecule has 0 unspecified atom stereocenters. The SMILES string of the molecule is Cc1ccc(NC(=O)CSc2nnc(NC(=O)/C=C/c3ccc4c(c3)OCO4)s2)cc1Cl. The summed E-state index contributed by atoms with van der Waals surface area (Å²) in [5.74, 6) is 0.944. The third kappa shape index (κ3) is 5.78. The Labute approximate surface area is 197 Å². The number of carbonyl (C=O) groups is 2. The molecule has 32 heavy (non-hydrogen) atoms. The van der Waals surface area contributed by atoms with Crippen LogP contribution in [0, 0.1) is 6.92 Å². The highest BCUT2D eigenvalue weighted by Crippen LogP contribution is 2.33. The molecule has 0 saturated carbocycles. The van der Waals surface area contributed by atoms with E-state index >= 15 is 0 Å². The van der Waals surface area contributed by atoms with Gasteiger partial charge in [0, 0.05) is 16.8 Å². The molecule has 2 aromatic carbocycles. The molecule has 2 N–H and O–H groups in total. The van der Waals surface area contributed by atoms with Crippen molar-refractivity contribution in [1.82, 2.24) is 10.2 Å². The lowest BCUT2D eigenvalue weighted by Crippen LogP contribution is -2.13. The summed E-state index contributed by atoms with van der Waals surface area (Å²) in [7, 11) is 0. The first-order chi connectivity index (χ1) is 15.5. The van der Waals surface area contributed by atoms with Crippen molar-refractivity contribution in [2.24, 2.45) is 0 Å². The minimum atomic E-state index is -0.343. The molecule has 0 saturated heterocycles. The van der Waals surface area contributed by atoms with Crippen LogP contribution in [0.15, 0.2) is 46.8 Å². The van der Waals surface area contributed by atoms with E-state index in [0.29, 0.717) is 31.7 Å². The van der Waals surface area contributed by atoms with E-state index < -0.39 is 0 Å². The number of amides is 2. The molecule has 0 bridgehead atoms. The van der Waals surface area contributed by atoms with E-state index in [4.69, 9.17) is 21.1 Å². The van der Waals surface area contributed by atoms with Gasteiger partial charge in [-0.3, -0.25) is 14.9 Å². The van der Waals surface area contributed by atoms with Gasteiger partial charge in [0.05, 0.1) is 5.75 Å². The van der Waals surface area contributed by atoms with Gasteiger partial charge in [-0.25, -0.2) is 0 Å². The number of rotatable bonds is 7. The maximum atomic E-state index is 12.2. The third-order valence-electron chi connectivity index (χ3n) is 4.24. The fourth-order valence-corrected chi connectivity index (χ4v) is 4.38. The minimum absolute atomic E-state index is 0.151. The Morgan fingerprint density at radius 3 is 2.84 bits per heavy atom. The Bertz CT molecular complexity index is 1200. The maximum Gasteiger partial charge on any atom is 0.250 e. The zero-order chi connectivity index (χ0) is 22.5. The summed E-state index contributed by atoms with van der Waals surface area (Å²) >= 11 is 8.49. The number of aryl methyl sites for hydroxylation is 1. The van der Waals surface area contributed by atoms with Gasteiger partial charge in [-0.05, 0) is 48.4 Å². The largest absolute Gasteiger partial charge is 0.454 e. The number of nitrogens with one attached hydrogen (secondary N) is 2. The Balaban J connectivity index is 1.25. The molecule has 1 aliphatic rings. The van der Waals surface area contributed by atoms with E-state index in [9.17, 15) is 9.59 Å². The number of thioether (sulfide) groups is 1. The predicted octanol–water partition coefficient (Wildman–Crippen LogP) is 4.61. The molecule has 11 heteroatoms. The van der Waals surface area contributed by atoms with Gasteiger partial charge in [0.1, 0.15) is 0 Å². The lowest BCUT2D eigenvalue weighted by molar-refractivity contribution is -0.114. The molecule has 0 atom stereocenters. The van der Waals surface area contributed by atoms with E-state index in [1.165, 1.54) is 29.2 Å². The first-order valence-electron chi connectivity index (χ1n) is 9.37. The molecule has 164 valence electrons. The number of hydrogen-bond donors (Lipinski definition) is 2. The first-order valence-corrected chi connectivity index (χ1v) is 11.6. The van der Waals surface area contributed by atoms with E-state index in [0.717, 1.165) is 11.1 Å². The van der Waals surface area contributed by atoms with Gasteiger partial charge < -0.3 is 14.8 Å². The first kappa shape index (κ1) is 22.1. The second-order valence-corrected chi connectivity index (χ2v) is 9.22. The van der Waals surface area contributed by atoms with Gasteiger partial charge in [0.25, 0.3) is 0 Å². The van der Waals surface area contributed by atoms with Crippen molar-refractivity contribution in [1.29, 1.82) is 0 Å². The number of nitrogens with zero attached hydrogens (tertiary/aromatic N) is 2. The highest BCUT2D eigenvalue weighted by Gasteiger charge is 2.13. The van der Waals surface area contributed by atoms with Crippen molar-refractivity contribution >= 4 is 63.4 Å². The van der Waals surface area contributed by atoms with Crippen LogP contribution in [0.5, 0.6) is 11.5 Å². The highest BCUT2D eigenvalue weighted by atomic mass is 35.5. The summed E-state index contributed by atoms with van der Waals surface area (Å²) in [4.78, 5) is 24.3. The lowest BCUT2D eigenvalue weighted by atomic mass is 10.2. The van der Waals surface area contributed by atoms with Crippen LogP contribution in [0.25, 0.3) is 6.08 Å². The molecule has 0 fully saturated rings. The zero-order valence-corrected chi connectivity index (χ0v) is 19.1. The number of halogens is 1. The molecule has 2 heterocycles. The van der Waals surface area contributed by atoms with Crippen LogP contribution >= 0.6 is 34.7 Å². The van der Waals surface area contributed by atoms with Crippen molar-refractivity contribution in [3.05, 3.63) is 58.6 Å². The number of hydrogen-bond acceptors (Lipinski definition) is 8. The fourth-order valence-electron chi connectivity index (χ4n) is 2.65. The molecule has 4 rings (SSSR count). The zero-order valence-electron chi connectivity index (χ0n) is 16.8. The molecule has 0 spiro atoms. The average Bonchev–Trinajstić information content (AvgIpc) is 3.42. The van der Waals surface area contributed by atoms with Crippen LogP contribution in [0.4, 0.5) is 10.8 Å². The van der Waals surface area contributed by atoms with Gasteiger partial charge in [-0.2, -0.15) is 0 Å². The Morgan fingerprint density at radius 1 is 1.16 bits per heavy atom. The minimum Gasteiger partial charge on any atom is -0.454 e. The number of anilines is 2. The van der Waals surface area contributed by atoms with Gasteiger partial charge in [-0.1, -0.05) is 46.8 Å². The summed E-state index contributed by atoms with van der Waals surface area (Å²) in [5.41, 5.74) is 2.37. The van der Waals surface area contributed by atoms with Crippen LogP contribution in [0.3, 0.4) is 0 Å². The Hall–Kier alpha value is -3.08. The normalized spacial score (nSPS) is 12.2. The summed E-state index contributed by atoms with van der Waals surface area (Å²) < 4.78 is 11.1. The molecular weight excluding hydrogens is 472 g/mol. The summed E-state index contributed by atoms with van der Waals surface area (Å²) in [6, 6.07) is 10.7. The predicted molar refractivity (Wildman–Crippen MR) is 126 cm³/mol. The van der Waals surface area contributed by atoms with Crippen LogP contribution in [0.1, 0.15) is 11.1 Å². The Kier molecular flexibility index (Phi) is 6.93. The fraction of sp³-hybridized carbons (Fsp3) is 0.143. The average molecular weight is 489 g/mol. The third-order valence-corrected chi connectivity index (χ3v) is 6.62. The number of fused-ring (bicyclic) bond motifs is 1. The quantitative estimate of drug-likeness (QED) is 0.284. The van der Waals surface area contributed by atoms with Crippen molar-refractivity contribution in [2.45, 2.75) is 11.3 Å². The van der Waals surface area contributed by atoms with Crippen molar-refractivity contribution in [3.8, 4) is 11.5 Å². The smallest absolute Gasteiger partial charge is 0.250 e. The second kappa shape index (κ2) is 10.0. The number of carbonyl (C=O) groups excluding carboxylic acids is 2. The summed E-state index contributed by atoms with van der Waals surface area (Å²) in [6.45, 7) is 2.09. The number of benzene rings is 2. The maximum absolute atomic E-state index is 12.2. The van der Waals surface area contributed by atoms with Gasteiger partial charge in [0.15, 0.2) is 15.8 Å². The van der Waals surface area contributed by atoms with Crippen molar-refractivity contribution < 1.29 is 19.1 Å². The highest BCUT2D eigenvalue weighted by molar-refractivity contribution is 8.01. The lowest BCUT2D eigenvalue weighted by Gasteiger charge is -2.05. The number of aromatic nitrogens is 2. The molecule has 1 aromatic heterocycles. The van der Waals surface area contributed by atoms with E-state index in [-0.39, 0.29) is 24.4 Å². The van der Waals surface area contributed by atoms with Crippen molar-refractivity contribution in [2.75, 3.05) is 23.2 Å². The summed E-state index contributed by atoms with van der Waals surface area (Å²) in [6.07, 6.45) is 3.06. The molecule has 0 radical (unpaired) electrons. The van der Waals surface area contributed by atoms with Crippen LogP contribution in [-0.2, 0) is 9.59 Å². The Morgan fingerprint density at radius 2 is 2.00 bits per heavy atom. The summed E-state index contributed by atoms with van der Waals surface area (Å²) in [5, 5.41) is 14.3. The van der Waals surface area contributed by atoms with Crippen LogP contribution < -0.4 is 20.1 Å². The van der Waals surface area contributed by atoms with Crippen LogP contribution in [0.2, 0.25) is 5.02 Å². The monoisotopic (exact) mass is 488 g/mol.